The van der Waals surface area contributed by atoms with Gasteiger partial charge in [-0.1, -0.05) is 26.7 Å². The first kappa shape index (κ1) is 14.5. The summed E-state index contributed by atoms with van der Waals surface area (Å²) in [5.41, 5.74) is -0.0751. The Morgan fingerprint density at radius 3 is 2.67 bits per heavy atom. The fourth-order valence-electron chi connectivity index (χ4n) is 1.80. The predicted molar refractivity (Wildman–Crippen MR) is 72.7 cm³/mol. The molecule has 0 aliphatic heterocycles. The Balaban J connectivity index is 2.45. The van der Waals surface area contributed by atoms with Gasteiger partial charge < -0.3 is 10.3 Å². The van der Waals surface area contributed by atoms with E-state index < -0.39 is 0 Å². The van der Waals surface area contributed by atoms with Crippen molar-refractivity contribution < 1.29 is 4.79 Å². The molecule has 0 radical (unpaired) electrons. The number of hydrogen-bond acceptors (Lipinski definition) is 2. The number of H-pyrrole nitrogens is 1. The normalized spacial score (nSPS) is 12.4. The topological polar surface area (TPSA) is 62.0 Å². The number of carbonyl (C=O) groups is 1. The quantitative estimate of drug-likeness (QED) is 0.814. The number of nitrogens with one attached hydrogen (secondary N) is 2. The van der Waals surface area contributed by atoms with Crippen LogP contribution in [0.25, 0.3) is 0 Å². The molecule has 2 N–H and O–H groups in total. The highest BCUT2D eigenvalue weighted by atomic mass is 16.2. The zero-order valence-corrected chi connectivity index (χ0v) is 11.3. The van der Waals surface area contributed by atoms with E-state index in [9.17, 15) is 9.59 Å². The first-order valence-electron chi connectivity index (χ1n) is 6.48. The zero-order chi connectivity index (χ0) is 13.5. The van der Waals surface area contributed by atoms with Crippen LogP contribution in [0.3, 0.4) is 0 Å². The fourth-order valence-corrected chi connectivity index (χ4v) is 1.80. The molecule has 1 heterocycles. The third-order valence-corrected chi connectivity index (χ3v) is 2.86. The van der Waals surface area contributed by atoms with Gasteiger partial charge in [0.2, 0.25) is 0 Å². The first-order chi connectivity index (χ1) is 8.50. The van der Waals surface area contributed by atoms with E-state index in [4.69, 9.17) is 0 Å². The smallest absolute Gasteiger partial charge is 0.256 e. The van der Waals surface area contributed by atoms with Gasteiger partial charge in [0, 0.05) is 24.5 Å². The summed E-state index contributed by atoms with van der Waals surface area (Å²) < 4.78 is 0. The van der Waals surface area contributed by atoms with Crippen LogP contribution < -0.4 is 10.7 Å². The number of amides is 1. The molecule has 1 atom stereocenters. The van der Waals surface area contributed by atoms with Crippen LogP contribution in [-0.2, 0) is 0 Å². The van der Waals surface area contributed by atoms with Crippen molar-refractivity contribution in [3.05, 3.63) is 34.2 Å². The van der Waals surface area contributed by atoms with Crippen LogP contribution >= 0.6 is 0 Å². The molecule has 0 spiro atoms. The predicted octanol–water partition coefficient (Wildman–Crippen LogP) is 2.32. The van der Waals surface area contributed by atoms with Crippen molar-refractivity contribution >= 4 is 5.91 Å². The highest BCUT2D eigenvalue weighted by Crippen LogP contribution is 2.08. The van der Waals surface area contributed by atoms with Gasteiger partial charge >= 0.3 is 0 Å². The molecule has 0 aromatic carbocycles. The van der Waals surface area contributed by atoms with Crippen LogP contribution in [0.2, 0.25) is 0 Å². The van der Waals surface area contributed by atoms with Crippen molar-refractivity contribution in [2.24, 2.45) is 5.92 Å². The lowest BCUT2D eigenvalue weighted by molar-refractivity contribution is 0.0936. The Morgan fingerprint density at radius 1 is 1.33 bits per heavy atom. The maximum Gasteiger partial charge on any atom is 0.256 e. The molecule has 4 heteroatoms. The van der Waals surface area contributed by atoms with Crippen LogP contribution in [-0.4, -0.2) is 16.9 Å². The Labute approximate surface area is 108 Å². The Morgan fingerprint density at radius 2 is 2.06 bits per heavy atom. The number of aromatic nitrogens is 1. The summed E-state index contributed by atoms with van der Waals surface area (Å²) in [7, 11) is 0. The van der Waals surface area contributed by atoms with Crippen LogP contribution in [0.4, 0.5) is 0 Å². The maximum absolute atomic E-state index is 11.8. The lowest BCUT2D eigenvalue weighted by Gasteiger charge is -2.14. The summed E-state index contributed by atoms with van der Waals surface area (Å²) in [6, 6.07) is 1.45. The van der Waals surface area contributed by atoms with E-state index in [-0.39, 0.29) is 22.9 Å². The third kappa shape index (κ3) is 4.73. The molecule has 0 aliphatic carbocycles. The summed E-state index contributed by atoms with van der Waals surface area (Å²) in [6.45, 7) is 6.34. The first-order valence-corrected chi connectivity index (χ1v) is 6.48. The summed E-state index contributed by atoms with van der Waals surface area (Å²) in [5, 5.41) is 2.85. The van der Waals surface area contributed by atoms with Gasteiger partial charge in [0.1, 0.15) is 5.56 Å². The second-order valence-corrected chi connectivity index (χ2v) is 5.12. The lowest BCUT2D eigenvalue weighted by atomic mass is 10.0. The Bertz CT molecular complexity index is 437. The highest BCUT2D eigenvalue weighted by Gasteiger charge is 2.12. The summed E-state index contributed by atoms with van der Waals surface area (Å²) >= 11 is 0. The molecule has 18 heavy (non-hydrogen) atoms. The van der Waals surface area contributed by atoms with Crippen LogP contribution in [0.5, 0.6) is 0 Å². The zero-order valence-electron chi connectivity index (χ0n) is 11.3. The Kier molecular flexibility index (Phi) is 5.62. The molecule has 0 saturated carbocycles. The van der Waals surface area contributed by atoms with Crippen LogP contribution in [0.15, 0.2) is 23.3 Å². The van der Waals surface area contributed by atoms with E-state index in [1.807, 2.05) is 6.92 Å². The monoisotopic (exact) mass is 250 g/mol. The van der Waals surface area contributed by atoms with Gasteiger partial charge in [-0.15, -0.1) is 0 Å². The standard InChI is InChI=1S/C14H22N2O2/c1-10(2)5-4-6-11(3)16-14(18)12-9-15-8-7-13(12)17/h7-11H,4-6H2,1-3H3,(H,15,17)(H,16,18). The minimum absolute atomic E-state index is 0.0934. The lowest BCUT2D eigenvalue weighted by Crippen LogP contribution is -2.35. The second kappa shape index (κ2) is 6.99. The molecule has 1 aromatic rings. The molecule has 1 aromatic heterocycles. The van der Waals surface area contributed by atoms with Gasteiger partial charge in [-0.05, 0) is 19.3 Å². The molecule has 0 aliphatic rings. The molecule has 4 nitrogen and oxygen atoms in total. The molecule has 1 rings (SSSR count). The number of carbonyl (C=O) groups excluding carboxylic acids is 1. The van der Waals surface area contributed by atoms with Gasteiger partial charge in [0.15, 0.2) is 5.43 Å². The minimum Gasteiger partial charge on any atom is -0.367 e. The van der Waals surface area contributed by atoms with Crippen LogP contribution in [0.1, 0.15) is 50.4 Å². The van der Waals surface area contributed by atoms with Gasteiger partial charge in [0.05, 0.1) is 0 Å². The summed E-state index contributed by atoms with van der Waals surface area (Å²) in [5.74, 6) is 0.388. The molecule has 0 fully saturated rings. The van der Waals surface area contributed by atoms with Gasteiger partial charge in [0.25, 0.3) is 5.91 Å². The Hall–Kier alpha value is -1.58. The molecular formula is C14H22N2O2. The number of aromatic amines is 1. The van der Waals surface area contributed by atoms with E-state index in [1.165, 1.54) is 18.5 Å². The second-order valence-electron chi connectivity index (χ2n) is 5.12. The molecule has 0 bridgehead atoms. The van der Waals surface area contributed by atoms with Crippen molar-refractivity contribution in [3.8, 4) is 0 Å². The molecule has 1 amide bonds. The van der Waals surface area contributed by atoms with Gasteiger partial charge in [-0.25, -0.2) is 0 Å². The average molecular weight is 250 g/mol. The SMILES string of the molecule is CC(C)CCCC(C)NC(=O)c1c[nH]ccc1=O. The van der Waals surface area contributed by atoms with E-state index in [1.54, 1.807) is 0 Å². The fraction of sp³-hybridized carbons (Fsp3) is 0.571. The van der Waals surface area contributed by atoms with Gasteiger partial charge in [-0.2, -0.15) is 0 Å². The van der Waals surface area contributed by atoms with E-state index >= 15 is 0 Å². The van der Waals surface area contributed by atoms with Gasteiger partial charge in [-0.3, -0.25) is 9.59 Å². The summed E-state index contributed by atoms with van der Waals surface area (Å²) in [4.78, 5) is 26.1. The van der Waals surface area contributed by atoms with Crippen molar-refractivity contribution in [1.82, 2.24) is 10.3 Å². The number of rotatable bonds is 6. The largest absolute Gasteiger partial charge is 0.367 e. The van der Waals surface area contributed by atoms with Crippen molar-refractivity contribution in [2.75, 3.05) is 0 Å². The molecule has 100 valence electrons. The summed E-state index contributed by atoms with van der Waals surface area (Å²) in [6.07, 6.45) is 6.15. The van der Waals surface area contributed by atoms with E-state index in [0.29, 0.717) is 5.92 Å². The van der Waals surface area contributed by atoms with Crippen molar-refractivity contribution in [3.63, 3.8) is 0 Å². The van der Waals surface area contributed by atoms with Crippen LogP contribution in [0, 0.1) is 5.92 Å². The minimum atomic E-state index is -0.297. The van der Waals surface area contributed by atoms with E-state index in [2.05, 4.69) is 24.1 Å². The van der Waals surface area contributed by atoms with E-state index in [0.717, 1.165) is 19.3 Å². The molecular weight excluding hydrogens is 228 g/mol. The highest BCUT2D eigenvalue weighted by molar-refractivity contribution is 5.93. The average Bonchev–Trinajstić information content (AvgIpc) is 2.28. The van der Waals surface area contributed by atoms with Crippen molar-refractivity contribution in [2.45, 2.75) is 46.1 Å². The number of hydrogen-bond donors (Lipinski definition) is 2. The number of pyridine rings is 1. The molecule has 0 saturated heterocycles. The third-order valence-electron chi connectivity index (χ3n) is 2.86. The van der Waals surface area contributed by atoms with Crippen molar-refractivity contribution in [1.29, 1.82) is 0 Å². The molecule has 1 unspecified atom stereocenters. The maximum atomic E-state index is 11.8.